The number of hydrogen-bond acceptors (Lipinski definition) is 2. The van der Waals surface area contributed by atoms with Crippen LogP contribution >= 0.6 is 12.4 Å². The quantitative estimate of drug-likeness (QED) is 0.873. The van der Waals surface area contributed by atoms with E-state index in [0.717, 1.165) is 5.56 Å². The van der Waals surface area contributed by atoms with E-state index >= 15 is 0 Å². The molecule has 1 saturated carbocycles. The van der Waals surface area contributed by atoms with Gasteiger partial charge in [-0.3, -0.25) is 0 Å². The average molecular weight is 251 g/mol. The summed E-state index contributed by atoms with van der Waals surface area (Å²) in [5.74, 6) is 0.600. The van der Waals surface area contributed by atoms with E-state index in [1.807, 2.05) is 24.3 Å². The van der Waals surface area contributed by atoms with E-state index in [9.17, 15) is 0 Å². The molecule has 1 aliphatic rings. The summed E-state index contributed by atoms with van der Waals surface area (Å²) in [6, 6.07) is 10.0. The monoisotopic (exact) mass is 250 g/mol. The summed E-state index contributed by atoms with van der Waals surface area (Å²) in [7, 11) is 0. The van der Waals surface area contributed by atoms with Gasteiger partial charge in [0.15, 0.2) is 0 Å². The molecule has 0 aliphatic heterocycles. The molecule has 0 saturated heterocycles. The molecule has 0 heterocycles. The molecular formula is C14H19ClN2. The van der Waals surface area contributed by atoms with Gasteiger partial charge in [-0.2, -0.15) is 5.26 Å². The van der Waals surface area contributed by atoms with E-state index in [0.29, 0.717) is 11.5 Å². The number of halogens is 1. The third kappa shape index (κ3) is 3.46. The molecule has 0 radical (unpaired) electrons. The van der Waals surface area contributed by atoms with Gasteiger partial charge < -0.3 is 5.73 Å². The second kappa shape index (κ2) is 6.64. The predicted molar refractivity (Wildman–Crippen MR) is 71.9 cm³/mol. The van der Waals surface area contributed by atoms with Crippen molar-refractivity contribution < 1.29 is 0 Å². The van der Waals surface area contributed by atoms with Crippen molar-refractivity contribution in [3.8, 4) is 6.07 Å². The van der Waals surface area contributed by atoms with Crippen molar-refractivity contribution in [3.63, 3.8) is 0 Å². The molecule has 1 aromatic carbocycles. The van der Waals surface area contributed by atoms with Gasteiger partial charge in [-0.15, -0.1) is 12.4 Å². The highest BCUT2D eigenvalue weighted by molar-refractivity contribution is 5.85. The molecule has 3 heteroatoms. The molecule has 0 bridgehead atoms. The van der Waals surface area contributed by atoms with E-state index in [1.165, 1.54) is 32.1 Å². The Hall–Kier alpha value is -1.04. The van der Waals surface area contributed by atoms with E-state index < -0.39 is 0 Å². The van der Waals surface area contributed by atoms with Gasteiger partial charge >= 0.3 is 0 Å². The highest BCUT2D eigenvalue weighted by Gasteiger charge is 2.21. The number of nitriles is 1. The Morgan fingerprint density at radius 3 is 2.59 bits per heavy atom. The summed E-state index contributed by atoms with van der Waals surface area (Å²) < 4.78 is 0. The molecule has 2 rings (SSSR count). The maximum absolute atomic E-state index is 8.86. The normalized spacial score (nSPS) is 17.9. The first-order chi connectivity index (χ1) is 7.81. The predicted octanol–water partition coefficient (Wildman–Crippen LogP) is 3.56. The maximum Gasteiger partial charge on any atom is 0.0991 e. The summed E-state index contributed by atoms with van der Waals surface area (Å²) >= 11 is 0. The van der Waals surface area contributed by atoms with Crippen LogP contribution in [-0.4, -0.2) is 0 Å². The summed E-state index contributed by atoms with van der Waals surface area (Å²) in [5.41, 5.74) is 8.11. The van der Waals surface area contributed by atoms with Gasteiger partial charge in [0.05, 0.1) is 11.6 Å². The molecule has 17 heavy (non-hydrogen) atoms. The third-order valence-electron chi connectivity index (χ3n) is 3.56. The Labute approximate surface area is 109 Å². The summed E-state index contributed by atoms with van der Waals surface area (Å²) in [6.45, 7) is 0. The Bertz CT molecular complexity index is 391. The van der Waals surface area contributed by atoms with Crippen LogP contribution in [0.15, 0.2) is 24.3 Å². The van der Waals surface area contributed by atoms with Crippen molar-refractivity contribution >= 4 is 12.4 Å². The molecule has 2 nitrogen and oxygen atoms in total. The number of nitrogens with two attached hydrogens (primary N) is 1. The van der Waals surface area contributed by atoms with Crippen molar-refractivity contribution in [3.05, 3.63) is 35.4 Å². The molecule has 2 N–H and O–H groups in total. The summed E-state index contributed by atoms with van der Waals surface area (Å²) in [4.78, 5) is 0. The zero-order valence-electron chi connectivity index (χ0n) is 9.93. The number of nitrogens with zero attached hydrogens (tertiary/aromatic N) is 1. The van der Waals surface area contributed by atoms with Crippen LogP contribution in [0.4, 0.5) is 0 Å². The Balaban J connectivity index is 0.00000144. The molecule has 1 aliphatic carbocycles. The van der Waals surface area contributed by atoms with Crippen molar-refractivity contribution in [1.29, 1.82) is 5.26 Å². The molecule has 1 atom stereocenters. The second-order valence-corrected chi connectivity index (χ2v) is 4.66. The van der Waals surface area contributed by atoms with E-state index in [-0.39, 0.29) is 18.4 Å². The third-order valence-corrected chi connectivity index (χ3v) is 3.56. The smallest absolute Gasteiger partial charge is 0.0991 e. The van der Waals surface area contributed by atoms with Crippen LogP contribution in [0, 0.1) is 17.2 Å². The van der Waals surface area contributed by atoms with Gasteiger partial charge in [-0.05, 0) is 36.5 Å². The minimum Gasteiger partial charge on any atom is -0.324 e. The Morgan fingerprint density at radius 1 is 1.24 bits per heavy atom. The summed E-state index contributed by atoms with van der Waals surface area (Å²) in [6.07, 6.45) is 6.42. The molecule has 92 valence electrons. The van der Waals surface area contributed by atoms with Crippen molar-refractivity contribution in [2.75, 3.05) is 0 Å². The molecule has 0 aromatic heterocycles. The van der Waals surface area contributed by atoms with E-state index in [4.69, 9.17) is 11.0 Å². The summed E-state index contributed by atoms with van der Waals surface area (Å²) in [5, 5.41) is 8.86. The first kappa shape index (κ1) is 14.0. The standard InChI is InChI=1S/C14H18N2.ClH/c15-10-11-5-4-8-13(9-11)14(16)12-6-2-1-3-7-12;/h4-5,8-9,12,14H,1-3,6-7,16H2;1H/t14-;/m0./s1. The SMILES string of the molecule is Cl.N#Cc1cccc([C@@H](N)C2CCCCC2)c1. The van der Waals surface area contributed by atoms with Crippen LogP contribution in [-0.2, 0) is 0 Å². The van der Waals surface area contributed by atoms with Crippen LogP contribution in [0.3, 0.4) is 0 Å². The lowest BCUT2D eigenvalue weighted by atomic mass is 9.81. The first-order valence-corrected chi connectivity index (χ1v) is 6.07. The van der Waals surface area contributed by atoms with Gasteiger partial charge in [0.2, 0.25) is 0 Å². The molecule has 0 amide bonds. The lowest BCUT2D eigenvalue weighted by Crippen LogP contribution is -2.23. The van der Waals surface area contributed by atoms with Crippen LogP contribution in [0.25, 0.3) is 0 Å². The topological polar surface area (TPSA) is 49.8 Å². The van der Waals surface area contributed by atoms with Gasteiger partial charge in [0, 0.05) is 6.04 Å². The van der Waals surface area contributed by atoms with Gasteiger partial charge in [-0.25, -0.2) is 0 Å². The largest absolute Gasteiger partial charge is 0.324 e. The van der Waals surface area contributed by atoms with Gasteiger partial charge in [0.25, 0.3) is 0 Å². The Morgan fingerprint density at radius 2 is 1.94 bits per heavy atom. The minimum atomic E-state index is 0. The Kier molecular flexibility index (Phi) is 5.47. The zero-order valence-corrected chi connectivity index (χ0v) is 10.7. The van der Waals surface area contributed by atoms with Crippen LogP contribution in [0.1, 0.15) is 49.3 Å². The zero-order chi connectivity index (χ0) is 11.4. The fourth-order valence-corrected chi connectivity index (χ4v) is 2.58. The number of rotatable bonds is 2. The fourth-order valence-electron chi connectivity index (χ4n) is 2.58. The van der Waals surface area contributed by atoms with Crippen molar-refractivity contribution in [1.82, 2.24) is 0 Å². The highest BCUT2D eigenvalue weighted by Crippen LogP contribution is 2.32. The molecular weight excluding hydrogens is 232 g/mol. The molecule has 1 fully saturated rings. The number of benzene rings is 1. The number of hydrogen-bond donors (Lipinski definition) is 1. The lowest BCUT2D eigenvalue weighted by Gasteiger charge is -2.27. The maximum atomic E-state index is 8.86. The van der Waals surface area contributed by atoms with E-state index in [2.05, 4.69) is 6.07 Å². The lowest BCUT2D eigenvalue weighted by molar-refractivity contribution is 0.308. The van der Waals surface area contributed by atoms with Crippen molar-refractivity contribution in [2.45, 2.75) is 38.1 Å². The minimum absolute atomic E-state index is 0. The highest BCUT2D eigenvalue weighted by atomic mass is 35.5. The van der Waals surface area contributed by atoms with Crippen LogP contribution in [0.2, 0.25) is 0 Å². The van der Waals surface area contributed by atoms with Crippen molar-refractivity contribution in [2.24, 2.45) is 11.7 Å². The molecule has 1 aromatic rings. The second-order valence-electron chi connectivity index (χ2n) is 4.66. The van der Waals surface area contributed by atoms with E-state index in [1.54, 1.807) is 0 Å². The molecule has 0 unspecified atom stereocenters. The van der Waals surface area contributed by atoms with Gasteiger partial charge in [0.1, 0.15) is 0 Å². The van der Waals surface area contributed by atoms with Gasteiger partial charge in [-0.1, -0.05) is 31.4 Å². The first-order valence-electron chi connectivity index (χ1n) is 6.07. The van der Waals surface area contributed by atoms with Crippen LogP contribution < -0.4 is 5.73 Å². The average Bonchev–Trinajstić information content (AvgIpc) is 2.39. The fraction of sp³-hybridized carbons (Fsp3) is 0.500. The van der Waals surface area contributed by atoms with Crippen LogP contribution in [0.5, 0.6) is 0 Å². The molecule has 0 spiro atoms.